The summed E-state index contributed by atoms with van der Waals surface area (Å²) in [5.41, 5.74) is 1.40. The minimum absolute atomic E-state index is 0. The zero-order valence-corrected chi connectivity index (χ0v) is 12.3. The Morgan fingerprint density at radius 3 is 2.60 bits per heavy atom. The summed E-state index contributed by atoms with van der Waals surface area (Å²) in [5.74, 6) is 0.327. The molecule has 0 aliphatic carbocycles. The lowest BCUT2D eigenvalue weighted by Crippen LogP contribution is -2.18. The van der Waals surface area contributed by atoms with Gasteiger partial charge in [-0.2, -0.15) is 0 Å². The van der Waals surface area contributed by atoms with Crippen LogP contribution in [-0.4, -0.2) is 24.9 Å². The summed E-state index contributed by atoms with van der Waals surface area (Å²) in [6.07, 6.45) is 1.59. The van der Waals surface area contributed by atoms with Crippen molar-refractivity contribution in [2.24, 2.45) is 5.92 Å². The molecule has 0 spiro atoms. The molecule has 5 nitrogen and oxygen atoms in total. The fourth-order valence-electron chi connectivity index (χ4n) is 2.24. The van der Waals surface area contributed by atoms with E-state index >= 15 is 0 Å². The van der Waals surface area contributed by atoms with Crippen LogP contribution in [0, 0.1) is 5.92 Å². The summed E-state index contributed by atoms with van der Waals surface area (Å²) in [7, 11) is 0. The third kappa shape index (κ3) is 5.19. The molecule has 110 valence electrons. The van der Waals surface area contributed by atoms with Gasteiger partial charge >= 0.3 is 0 Å². The molecular weight excluding hydrogens is 278 g/mol. The van der Waals surface area contributed by atoms with Gasteiger partial charge < -0.3 is 16.0 Å². The first-order valence-electron chi connectivity index (χ1n) is 6.52. The number of hydrogen-bond acceptors (Lipinski definition) is 3. The summed E-state index contributed by atoms with van der Waals surface area (Å²) >= 11 is 0. The molecule has 3 N–H and O–H groups in total. The number of carbonyl (C=O) groups is 2. The predicted octanol–water partition coefficient (Wildman–Crippen LogP) is 2.00. The second kappa shape index (κ2) is 7.87. The first-order valence-corrected chi connectivity index (χ1v) is 6.52. The third-order valence-corrected chi connectivity index (χ3v) is 3.10. The molecule has 6 heteroatoms. The summed E-state index contributed by atoms with van der Waals surface area (Å²) in [4.78, 5) is 22.8. The van der Waals surface area contributed by atoms with E-state index in [0.29, 0.717) is 23.7 Å². The van der Waals surface area contributed by atoms with E-state index in [2.05, 4.69) is 16.0 Å². The second-order valence-electron chi connectivity index (χ2n) is 4.87. The van der Waals surface area contributed by atoms with Crippen molar-refractivity contribution < 1.29 is 9.59 Å². The summed E-state index contributed by atoms with van der Waals surface area (Å²) < 4.78 is 0. The Labute approximate surface area is 124 Å². The first-order chi connectivity index (χ1) is 9.13. The Hall–Kier alpha value is -1.59. The maximum absolute atomic E-state index is 11.9. The van der Waals surface area contributed by atoms with Gasteiger partial charge in [0, 0.05) is 24.7 Å². The lowest BCUT2D eigenvalue weighted by molar-refractivity contribution is -0.117. The van der Waals surface area contributed by atoms with Crippen LogP contribution >= 0.6 is 12.4 Å². The molecular formula is C14H20ClN3O2. The van der Waals surface area contributed by atoms with E-state index in [-0.39, 0.29) is 24.2 Å². The molecule has 1 aromatic rings. The Balaban J connectivity index is 0.00000200. The van der Waals surface area contributed by atoms with Gasteiger partial charge in [-0.1, -0.05) is 6.07 Å². The van der Waals surface area contributed by atoms with Gasteiger partial charge in [0.2, 0.25) is 11.8 Å². The molecule has 1 saturated heterocycles. The summed E-state index contributed by atoms with van der Waals surface area (Å²) in [6, 6.07) is 7.16. The Morgan fingerprint density at radius 2 is 2.00 bits per heavy atom. The molecule has 20 heavy (non-hydrogen) atoms. The summed E-state index contributed by atoms with van der Waals surface area (Å²) in [5, 5.41) is 8.80. The van der Waals surface area contributed by atoms with Crippen LogP contribution in [0.2, 0.25) is 0 Å². The smallest absolute Gasteiger partial charge is 0.224 e. The largest absolute Gasteiger partial charge is 0.326 e. The van der Waals surface area contributed by atoms with Crippen LogP contribution in [0.5, 0.6) is 0 Å². The highest BCUT2D eigenvalue weighted by Crippen LogP contribution is 2.17. The van der Waals surface area contributed by atoms with Crippen LogP contribution in [-0.2, 0) is 9.59 Å². The van der Waals surface area contributed by atoms with Crippen LogP contribution < -0.4 is 16.0 Å². The van der Waals surface area contributed by atoms with E-state index in [1.54, 1.807) is 18.2 Å². The highest BCUT2D eigenvalue weighted by atomic mass is 35.5. The molecule has 1 aliphatic heterocycles. The number of carbonyl (C=O) groups excluding carboxylic acids is 2. The number of benzene rings is 1. The van der Waals surface area contributed by atoms with Crippen LogP contribution in [0.3, 0.4) is 0 Å². The Kier molecular flexibility index (Phi) is 6.48. The van der Waals surface area contributed by atoms with Crippen LogP contribution in [0.15, 0.2) is 24.3 Å². The predicted molar refractivity (Wildman–Crippen MR) is 82.2 cm³/mol. The second-order valence-corrected chi connectivity index (χ2v) is 4.87. The van der Waals surface area contributed by atoms with Gasteiger partial charge in [-0.15, -0.1) is 12.4 Å². The molecule has 1 heterocycles. The van der Waals surface area contributed by atoms with E-state index < -0.39 is 0 Å². The molecule has 2 amide bonds. The zero-order chi connectivity index (χ0) is 13.7. The lowest BCUT2D eigenvalue weighted by Gasteiger charge is -2.10. The van der Waals surface area contributed by atoms with Crippen molar-refractivity contribution in [1.29, 1.82) is 0 Å². The maximum Gasteiger partial charge on any atom is 0.224 e. The SMILES string of the molecule is CC(=O)Nc1cccc(NC(=O)CC2CCNC2)c1.Cl. The molecule has 0 saturated carbocycles. The van der Waals surface area contributed by atoms with Crippen molar-refractivity contribution in [3.8, 4) is 0 Å². The van der Waals surface area contributed by atoms with Crippen molar-refractivity contribution in [3.63, 3.8) is 0 Å². The number of nitrogens with one attached hydrogen (secondary N) is 3. The van der Waals surface area contributed by atoms with Crippen LogP contribution in [0.25, 0.3) is 0 Å². The van der Waals surface area contributed by atoms with E-state index in [9.17, 15) is 9.59 Å². The van der Waals surface area contributed by atoms with Crippen molar-refractivity contribution >= 4 is 35.6 Å². The molecule has 0 bridgehead atoms. The summed E-state index contributed by atoms with van der Waals surface area (Å²) in [6.45, 7) is 3.37. The highest BCUT2D eigenvalue weighted by Gasteiger charge is 2.17. The Morgan fingerprint density at radius 1 is 1.30 bits per heavy atom. The molecule has 0 radical (unpaired) electrons. The monoisotopic (exact) mass is 297 g/mol. The molecule has 1 aliphatic rings. The van der Waals surface area contributed by atoms with Gasteiger partial charge in [-0.3, -0.25) is 9.59 Å². The number of rotatable bonds is 4. The van der Waals surface area contributed by atoms with E-state index in [1.165, 1.54) is 6.92 Å². The molecule has 1 atom stereocenters. The third-order valence-electron chi connectivity index (χ3n) is 3.10. The molecule has 1 unspecified atom stereocenters. The van der Waals surface area contributed by atoms with Crippen molar-refractivity contribution in [3.05, 3.63) is 24.3 Å². The normalized spacial score (nSPS) is 17.1. The van der Waals surface area contributed by atoms with E-state index in [1.807, 2.05) is 6.07 Å². The average molecular weight is 298 g/mol. The first kappa shape index (κ1) is 16.5. The topological polar surface area (TPSA) is 70.2 Å². The minimum Gasteiger partial charge on any atom is -0.326 e. The number of hydrogen-bond donors (Lipinski definition) is 3. The van der Waals surface area contributed by atoms with E-state index in [4.69, 9.17) is 0 Å². The van der Waals surface area contributed by atoms with Gasteiger partial charge in [-0.25, -0.2) is 0 Å². The van der Waals surface area contributed by atoms with Gasteiger partial charge in [0.05, 0.1) is 0 Å². The minimum atomic E-state index is -0.125. The van der Waals surface area contributed by atoms with Gasteiger partial charge in [0.15, 0.2) is 0 Å². The quantitative estimate of drug-likeness (QED) is 0.796. The molecule has 1 aromatic carbocycles. The number of halogens is 1. The van der Waals surface area contributed by atoms with Gasteiger partial charge in [-0.05, 0) is 43.6 Å². The van der Waals surface area contributed by atoms with E-state index in [0.717, 1.165) is 19.5 Å². The zero-order valence-electron chi connectivity index (χ0n) is 11.4. The molecule has 1 fully saturated rings. The van der Waals surface area contributed by atoms with Crippen LogP contribution in [0.4, 0.5) is 11.4 Å². The molecule has 0 aromatic heterocycles. The molecule has 2 rings (SSSR count). The standard InChI is InChI=1S/C14H19N3O2.ClH/c1-10(18)16-12-3-2-4-13(8-12)17-14(19)7-11-5-6-15-9-11;/h2-4,8,11,15H,5-7,9H2,1H3,(H,16,18)(H,17,19);1H. The van der Waals surface area contributed by atoms with Gasteiger partial charge in [0.25, 0.3) is 0 Å². The lowest BCUT2D eigenvalue weighted by atomic mass is 10.0. The number of anilines is 2. The fourth-order valence-corrected chi connectivity index (χ4v) is 2.24. The highest BCUT2D eigenvalue weighted by molar-refractivity contribution is 5.93. The van der Waals surface area contributed by atoms with Crippen molar-refractivity contribution in [2.45, 2.75) is 19.8 Å². The van der Waals surface area contributed by atoms with Crippen molar-refractivity contribution in [1.82, 2.24) is 5.32 Å². The van der Waals surface area contributed by atoms with Crippen molar-refractivity contribution in [2.75, 3.05) is 23.7 Å². The van der Waals surface area contributed by atoms with Gasteiger partial charge in [0.1, 0.15) is 0 Å². The van der Waals surface area contributed by atoms with Crippen LogP contribution in [0.1, 0.15) is 19.8 Å². The average Bonchev–Trinajstić information content (AvgIpc) is 2.81. The number of amides is 2. The fraction of sp³-hybridized carbons (Fsp3) is 0.429. The Bertz CT molecular complexity index is 473. The maximum atomic E-state index is 11.9.